The van der Waals surface area contributed by atoms with Gasteiger partial charge in [-0.3, -0.25) is 4.79 Å². The van der Waals surface area contributed by atoms with E-state index < -0.39 is 0 Å². The van der Waals surface area contributed by atoms with Gasteiger partial charge in [-0.1, -0.05) is 0 Å². The number of rotatable bonds is 0. The predicted molar refractivity (Wildman–Crippen MR) is 44.8 cm³/mol. The van der Waals surface area contributed by atoms with Crippen LogP contribution in [0, 0.1) is 0 Å². The Morgan fingerprint density at radius 1 is 1.36 bits per heavy atom. The Morgan fingerprint density at radius 2 is 2.18 bits per heavy atom. The molecule has 2 heterocycles. The largest absolute Gasteiger partial charge is 0.349 e. The third-order valence-electron chi connectivity index (χ3n) is 2.48. The van der Waals surface area contributed by atoms with Gasteiger partial charge >= 0.3 is 0 Å². The second kappa shape index (κ2) is 2.99. The summed E-state index contributed by atoms with van der Waals surface area (Å²) in [7, 11) is 0. The van der Waals surface area contributed by atoms with Gasteiger partial charge in [0.05, 0.1) is 5.54 Å². The van der Waals surface area contributed by atoms with Gasteiger partial charge in [0.15, 0.2) is 0 Å². The molecule has 1 spiro atoms. The summed E-state index contributed by atoms with van der Waals surface area (Å²) in [6.45, 7) is 2.03. The summed E-state index contributed by atoms with van der Waals surface area (Å²) < 4.78 is 0. The molecule has 2 aliphatic rings. The van der Waals surface area contributed by atoms with Crippen molar-refractivity contribution in [3.63, 3.8) is 0 Å². The fourth-order valence-electron chi connectivity index (χ4n) is 1.84. The Kier molecular flexibility index (Phi) is 2.40. The van der Waals surface area contributed by atoms with Crippen LogP contribution in [-0.2, 0) is 4.79 Å². The molecule has 0 saturated carbocycles. The zero-order valence-corrected chi connectivity index (χ0v) is 7.17. The van der Waals surface area contributed by atoms with Crippen molar-refractivity contribution >= 4 is 18.3 Å². The van der Waals surface area contributed by atoms with Crippen molar-refractivity contribution in [1.82, 2.24) is 10.6 Å². The molecule has 64 valence electrons. The van der Waals surface area contributed by atoms with Crippen molar-refractivity contribution in [2.24, 2.45) is 0 Å². The van der Waals surface area contributed by atoms with Gasteiger partial charge in [-0.05, 0) is 19.4 Å². The van der Waals surface area contributed by atoms with Crippen LogP contribution in [-0.4, -0.2) is 24.5 Å². The van der Waals surface area contributed by atoms with E-state index in [2.05, 4.69) is 10.6 Å². The van der Waals surface area contributed by atoms with Gasteiger partial charge in [0, 0.05) is 13.0 Å². The van der Waals surface area contributed by atoms with Gasteiger partial charge < -0.3 is 10.6 Å². The van der Waals surface area contributed by atoms with Crippen LogP contribution >= 0.6 is 12.4 Å². The first-order valence-electron chi connectivity index (χ1n) is 3.83. The van der Waals surface area contributed by atoms with Gasteiger partial charge in [0.1, 0.15) is 0 Å². The van der Waals surface area contributed by atoms with Gasteiger partial charge in [0.2, 0.25) is 5.91 Å². The average Bonchev–Trinajstić information content (AvgIpc) is 2.46. The van der Waals surface area contributed by atoms with E-state index in [-0.39, 0.29) is 23.9 Å². The smallest absolute Gasteiger partial charge is 0.220 e. The van der Waals surface area contributed by atoms with Crippen molar-refractivity contribution in [2.75, 3.05) is 13.1 Å². The number of halogens is 1. The van der Waals surface area contributed by atoms with Gasteiger partial charge in [-0.2, -0.15) is 0 Å². The number of amides is 1. The molecule has 0 unspecified atom stereocenters. The summed E-state index contributed by atoms with van der Waals surface area (Å²) in [6, 6.07) is 0. The van der Waals surface area contributed by atoms with E-state index >= 15 is 0 Å². The Balaban J connectivity index is 0.000000605. The first kappa shape index (κ1) is 8.81. The number of carbonyl (C=O) groups excluding carboxylic acids is 1. The lowest BCUT2D eigenvalue weighted by Gasteiger charge is -2.20. The Morgan fingerprint density at radius 3 is 2.64 bits per heavy atom. The first-order valence-corrected chi connectivity index (χ1v) is 3.83. The Labute approximate surface area is 72.3 Å². The number of hydrogen-bond donors (Lipinski definition) is 2. The molecule has 0 bridgehead atoms. The van der Waals surface area contributed by atoms with Crippen molar-refractivity contribution in [3.8, 4) is 0 Å². The van der Waals surface area contributed by atoms with Crippen LogP contribution in [0.2, 0.25) is 0 Å². The summed E-state index contributed by atoms with van der Waals surface area (Å²) in [4.78, 5) is 10.9. The van der Waals surface area contributed by atoms with Crippen LogP contribution in [0.25, 0.3) is 0 Å². The predicted octanol–water partition coefficient (Wildman–Crippen LogP) is 0.0503. The topological polar surface area (TPSA) is 41.1 Å². The second-order valence-electron chi connectivity index (χ2n) is 3.26. The van der Waals surface area contributed by atoms with Crippen LogP contribution in [0.1, 0.15) is 19.3 Å². The van der Waals surface area contributed by atoms with E-state index in [1.807, 2.05) is 0 Å². The van der Waals surface area contributed by atoms with Crippen molar-refractivity contribution in [2.45, 2.75) is 24.8 Å². The minimum atomic E-state index is 0. The van der Waals surface area contributed by atoms with Crippen LogP contribution in [0.15, 0.2) is 0 Å². The highest BCUT2D eigenvalue weighted by atomic mass is 35.5. The van der Waals surface area contributed by atoms with E-state index in [4.69, 9.17) is 0 Å². The molecule has 0 aliphatic carbocycles. The molecule has 2 aliphatic heterocycles. The maximum atomic E-state index is 10.9. The molecule has 4 heteroatoms. The van der Waals surface area contributed by atoms with Gasteiger partial charge in [-0.15, -0.1) is 12.4 Å². The fourth-order valence-corrected chi connectivity index (χ4v) is 1.84. The second-order valence-corrected chi connectivity index (χ2v) is 3.26. The van der Waals surface area contributed by atoms with E-state index in [9.17, 15) is 4.79 Å². The Hall–Kier alpha value is -0.280. The highest BCUT2D eigenvalue weighted by Crippen LogP contribution is 2.25. The zero-order valence-electron chi connectivity index (χ0n) is 6.35. The average molecular weight is 177 g/mol. The highest BCUT2D eigenvalue weighted by molar-refractivity contribution is 5.85. The van der Waals surface area contributed by atoms with Gasteiger partial charge in [0.25, 0.3) is 0 Å². The molecular formula is C7H13ClN2O. The molecule has 1 atom stereocenters. The molecule has 2 fully saturated rings. The van der Waals surface area contributed by atoms with E-state index in [1.165, 1.54) is 0 Å². The molecule has 0 aromatic heterocycles. The summed E-state index contributed by atoms with van der Waals surface area (Å²) in [5.41, 5.74) is 0.150. The number of nitrogens with one attached hydrogen (secondary N) is 2. The third-order valence-corrected chi connectivity index (χ3v) is 2.48. The molecule has 0 aromatic carbocycles. The summed E-state index contributed by atoms with van der Waals surface area (Å²) in [5, 5.41) is 6.29. The highest BCUT2D eigenvalue weighted by Gasteiger charge is 2.39. The third kappa shape index (κ3) is 1.49. The van der Waals surface area contributed by atoms with E-state index in [1.54, 1.807) is 0 Å². The molecule has 1 amide bonds. The fraction of sp³-hybridized carbons (Fsp3) is 0.857. The van der Waals surface area contributed by atoms with Gasteiger partial charge in [-0.25, -0.2) is 0 Å². The quantitative estimate of drug-likeness (QED) is 0.548. The zero-order chi connectivity index (χ0) is 7.03. The summed E-state index contributed by atoms with van der Waals surface area (Å²) >= 11 is 0. The minimum absolute atomic E-state index is 0. The summed E-state index contributed by atoms with van der Waals surface area (Å²) in [5.74, 6) is 0.226. The van der Waals surface area contributed by atoms with E-state index in [0.29, 0.717) is 0 Å². The lowest BCUT2D eigenvalue weighted by molar-refractivity contribution is -0.119. The van der Waals surface area contributed by atoms with Crippen molar-refractivity contribution < 1.29 is 4.79 Å². The monoisotopic (exact) mass is 176 g/mol. The molecular weight excluding hydrogens is 164 g/mol. The number of hydrogen-bond acceptors (Lipinski definition) is 2. The molecule has 0 radical (unpaired) electrons. The maximum absolute atomic E-state index is 10.9. The molecule has 3 nitrogen and oxygen atoms in total. The minimum Gasteiger partial charge on any atom is -0.349 e. The van der Waals surface area contributed by atoms with Crippen molar-refractivity contribution in [1.29, 1.82) is 0 Å². The van der Waals surface area contributed by atoms with Crippen LogP contribution < -0.4 is 10.6 Å². The van der Waals surface area contributed by atoms with Crippen molar-refractivity contribution in [3.05, 3.63) is 0 Å². The van der Waals surface area contributed by atoms with Crippen LogP contribution in [0.5, 0.6) is 0 Å². The standard InChI is InChI=1S/C7H12N2O.ClH/c10-6-1-2-7(9-6)3-4-8-5-7;/h8H,1-5H2,(H,9,10);1H/t7-;/m1./s1. The molecule has 2 saturated heterocycles. The Bertz CT molecular complexity index is 166. The molecule has 2 rings (SSSR count). The first-order chi connectivity index (χ1) is 4.81. The molecule has 2 N–H and O–H groups in total. The normalized spacial score (nSPS) is 35.5. The maximum Gasteiger partial charge on any atom is 0.220 e. The van der Waals surface area contributed by atoms with E-state index in [0.717, 1.165) is 32.4 Å². The molecule has 0 aromatic rings. The molecule has 11 heavy (non-hydrogen) atoms. The summed E-state index contributed by atoms with van der Waals surface area (Å²) in [6.07, 6.45) is 2.86. The number of carbonyl (C=O) groups is 1. The van der Waals surface area contributed by atoms with Crippen LogP contribution in [0.3, 0.4) is 0 Å². The lowest BCUT2D eigenvalue weighted by Crippen LogP contribution is -2.43. The SMILES string of the molecule is Cl.O=C1CC[C@]2(CCNC2)N1. The lowest BCUT2D eigenvalue weighted by atomic mass is 9.97. The van der Waals surface area contributed by atoms with Crippen LogP contribution in [0.4, 0.5) is 0 Å².